The summed E-state index contributed by atoms with van der Waals surface area (Å²) in [7, 11) is 0. The van der Waals surface area contributed by atoms with Crippen molar-refractivity contribution in [1.82, 2.24) is 0 Å². The van der Waals surface area contributed by atoms with Gasteiger partial charge < -0.3 is 10.4 Å². The molecule has 0 saturated carbocycles. The maximum absolute atomic E-state index is 12.6. The van der Waals surface area contributed by atoms with Crippen LogP contribution in [0.15, 0.2) is 29.3 Å². The fourth-order valence-electron chi connectivity index (χ4n) is 3.06. The zero-order valence-corrected chi connectivity index (χ0v) is 13.6. The topological polar surface area (TPSA) is 66.4 Å². The van der Waals surface area contributed by atoms with Crippen LogP contribution in [0.5, 0.6) is 0 Å². The van der Waals surface area contributed by atoms with Crippen LogP contribution in [0.1, 0.15) is 37.8 Å². The number of amides is 1. The Hall–Kier alpha value is -2.10. The number of aliphatic carboxylic acids is 1. The Labute approximate surface area is 131 Å². The first-order chi connectivity index (χ1) is 10.3. The number of allylic oxidation sites excluding steroid dienone is 2. The van der Waals surface area contributed by atoms with Gasteiger partial charge in [0.1, 0.15) is 0 Å². The third kappa shape index (κ3) is 3.21. The predicted octanol–water partition coefficient (Wildman–Crippen LogP) is 3.69. The molecule has 118 valence electrons. The van der Waals surface area contributed by atoms with Crippen LogP contribution in [0.2, 0.25) is 0 Å². The van der Waals surface area contributed by atoms with Crippen LogP contribution in [0, 0.1) is 25.7 Å². The van der Waals surface area contributed by atoms with Crippen molar-refractivity contribution in [2.45, 2.75) is 40.5 Å². The summed E-state index contributed by atoms with van der Waals surface area (Å²) < 4.78 is 0. The number of hydrogen-bond acceptors (Lipinski definition) is 2. The Balaban J connectivity index is 2.26. The molecule has 2 rings (SSSR count). The molecule has 0 radical (unpaired) electrons. The van der Waals surface area contributed by atoms with E-state index in [0.717, 1.165) is 28.0 Å². The molecule has 4 heteroatoms. The number of carboxylic acid groups (broad SMARTS) is 1. The highest BCUT2D eigenvalue weighted by atomic mass is 16.4. The van der Waals surface area contributed by atoms with Crippen molar-refractivity contribution in [3.8, 4) is 0 Å². The lowest BCUT2D eigenvalue weighted by molar-refractivity contribution is -0.146. The van der Waals surface area contributed by atoms with Crippen molar-refractivity contribution < 1.29 is 14.7 Å². The molecule has 0 fully saturated rings. The number of benzene rings is 1. The van der Waals surface area contributed by atoms with Crippen LogP contribution in [-0.2, 0) is 9.59 Å². The van der Waals surface area contributed by atoms with Crippen molar-refractivity contribution in [2.75, 3.05) is 5.32 Å². The molecular formula is C18H23NO3. The van der Waals surface area contributed by atoms with E-state index in [-0.39, 0.29) is 5.91 Å². The van der Waals surface area contributed by atoms with Gasteiger partial charge in [0.2, 0.25) is 5.91 Å². The number of anilines is 1. The van der Waals surface area contributed by atoms with E-state index in [0.29, 0.717) is 12.8 Å². The molecule has 2 atom stereocenters. The van der Waals surface area contributed by atoms with Gasteiger partial charge in [-0.15, -0.1) is 0 Å². The van der Waals surface area contributed by atoms with Crippen molar-refractivity contribution in [3.63, 3.8) is 0 Å². The second-order valence-electron chi connectivity index (χ2n) is 6.28. The average molecular weight is 301 g/mol. The van der Waals surface area contributed by atoms with Gasteiger partial charge in [-0.05, 0) is 51.7 Å². The van der Waals surface area contributed by atoms with E-state index in [2.05, 4.69) is 5.32 Å². The molecule has 0 saturated heterocycles. The number of para-hydroxylation sites is 1. The summed E-state index contributed by atoms with van der Waals surface area (Å²) in [6, 6.07) is 5.82. The van der Waals surface area contributed by atoms with Gasteiger partial charge >= 0.3 is 5.97 Å². The fourth-order valence-corrected chi connectivity index (χ4v) is 3.06. The molecule has 1 aliphatic carbocycles. The van der Waals surface area contributed by atoms with Crippen LogP contribution in [0.3, 0.4) is 0 Å². The van der Waals surface area contributed by atoms with Gasteiger partial charge in [-0.3, -0.25) is 9.59 Å². The molecule has 0 unspecified atom stereocenters. The van der Waals surface area contributed by atoms with Gasteiger partial charge in [-0.2, -0.15) is 0 Å². The molecule has 0 heterocycles. The Morgan fingerprint density at radius 3 is 2.00 bits per heavy atom. The molecule has 0 aromatic heterocycles. The number of nitrogens with one attached hydrogen (secondary N) is 1. The maximum Gasteiger partial charge on any atom is 0.307 e. The van der Waals surface area contributed by atoms with Gasteiger partial charge in [-0.25, -0.2) is 0 Å². The number of aryl methyl sites for hydroxylation is 2. The Bertz CT molecular complexity index is 625. The molecule has 1 aliphatic rings. The van der Waals surface area contributed by atoms with Crippen molar-refractivity contribution in [2.24, 2.45) is 11.8 Å². The van der Waals surface area contributed by atoms with Crippen molar-refractivity contribution in [1.29, 1.82) is 0 Å². The van der Waals surface area contributed by atoms with E-state index in [1.807, 2.05) is 45.9 Å². The monoisotopic (exact) mass is 301 g/mol. The van der Waals surface area contributed by atoms with Crippen LogP contribution < -0.4 is 5.32 Å². The summed E-state index contributed by atoms with van der Waals surface area (Å²) in [5, 5.41) is 12.4. The normalized spacial score (nSPS) is 21.6. The van der Waals surface area contributed by atoms with Crippen LogP contribution in [0.25, 0.3) is 0 Å². The molecule has 0 spiro atoms. The highest BCUT2D eigenvalue weighted by molar-refractivity contribution is 5.96. The summed E-state index contributed by atoms with van der Waals surface area (Å²) in [4.78, 5) is 24.1. The van der Waals surface area contributed by atoms with E-state index in [1.165, 1.54) is 0 Å². The smallest absolute Gasteiger partial charge is 0.307 e. The molecule has 1 aromatic carbocycles. The van der Waals surface area contributed by atoms with Crippen LogP contribution in [0.4, 0.5) is 5.69 Å². The molecule has 0 aliphatic heterocycles. The standard InChI is InChI=1S/C18H23NO3/c1-10-6-5-7-11(2)16(10)19-17(20)14-8-12(3)13(4)9-15(14)18(21)22/h5-7,14-15H,8-9H2,1-4H3,(H,19,20)(H,21,22)/t14-,15-/m1/s1. The number of carbonyl (C=O) groups excluding carboxylic acids is 1. The molecule has 4 nitrogen and oxygen atoms in total. The first-order valence-corrected chi connectivity index (χ1v) is 7.56. The van der Waals surface area contributed by atoms with E-state index < -0.39 is 17.8 Å². The number of carboxylic acids is 1. The van der Waals surface area contributed by atoms with Crippen molar-refractivity contribution >= 4 is 17.6 Å². The average Bonchev–Trinajstić information content (AvgIpc) is 2.45. The lowest BCUT2D eigenvalue weighted by atomic mass is 9.76. The number of hydrogen-bond donors (Lipinski definition) is 2. The molecule has 22 heavy (non-hydrogen) atoms. The van der Waals surface area contributed by atoms with Crippen molar-refractivity contribution in [3.05, 3.63) is 40.5 Å². The zero-order valence-electron chi connectivity index (χ0n) is 13.6. The number of rotatable bonds is 3. The maximum atomic E-state index is 12.6. The summed E-state index contributed by atoms with van der Waals surface area (Å²) in [6.45, 7) is 7.80. The van der Waals surface area contributed by atoms with E-state index in [9.17, 15) is 14.7 Å². The highest BCUT2D eigenvalue weighted by Crippen LogP contribution is 2.35. The zero-order chi connectivity index (χ0) is 16.4. The minimum absolute atomic E-state index is 0.198. The van der Waals surface area contributed by atoms with Crippen LogP contribution in [-0.4, -0.2) is 17.0 Å². The summed E-state index contributed by atoms with van der Waals surface area (Å²) in [6.07, 6.45) is 0.964. The Morgan fingerprint density at radius 2 is 1.50 bits per heavy atom. The van der Waals surface area contributed by atoms with E-state index >= 15 is 0 Å². The van der Waals surface area contributed by atoms with Gasteiger partial charge in [0.05, 0.1) is 11.8 Å². The molecule has 1 amide bonds. The van der Waals surface area contributed by atoms with Gasteiger partial charge in [0.15, 0.2) is 0 Å². The SMILES string of the molecule is CC1=C(C)C[C@@H](C(=O)Nc2c(C)cccc2C)[C@H](C(=O)O)C1. The molecule has 2 N–H and O–H groups in total. The fraction of sp³-hybridized carbons (Fsp3) is 0.444. The van der Waals surface area contributed by atoms with E-state index in [1.54, 1.807) is 0 Å². The first kappa shape index (κ1) is 16.3. The molecular weight excluding hydrogens is 278 g/mol. The van der Waals surface area contributed by atoms with Gasteiger partial charge in [0.25, 0.3) is 0 Å². The third-order valence-electron chi connectivity index (χ3n) is 4.65. The highest BCUT2D eigenvalue weighted by Gasteiger charge is 2.37. The first-order valence-electron chi connectivity index (χ1n) is 7.56. The second-order valence-corrected chi connectivity index (χ2v) is 6.28. The summed E-state index contributed by atoms with van der Waals surface area (Å²) in [5.74, 6) is -2.25. The van der Waals surface area contributed by atoms with Gasteiger partial charge in [-0.1, -0.05) is 29.3 Å². The predicted molar refractivity (Wildman–Crippen MR) is 86.8 cm³/mol. The van der Waals surface area contributed by atoms with Crippen LogP contribution >= 0.6 is 0 Å². The number of carbonyl (C=O) groups is 2. The molecule has 1 aromatic rings. The molecule has 0 bridgehead atoms. The Morgan fingerprint density at radius 1 is 1.00 bits per heavy atom. The summed E-state index contributed by atoms with van der Waals surface area (Å²) in [5.41, 5.74) is 4.97. The summed E-state index contributed by atoms with van der Waals surface area (Å²) >= 11 is 0. The quantitative estimate of drug-likeness (QED) is 0.837. The second kappa shape index (κ2) is 6.34. The minimum Gasteiger partial charge on any atom is -0.481 e. The van der Waals surface area contributed by atoms with Gasteiger partial charge in [0, 0.05) is 5.69 Å². The van der Waals surface area contributed by atoms with E-state index in [4.69, 9.17) is 0 Å². The third-order valence-corrected chi connectivity index (χ3v) is 4.65. The minimum atomic E-state index is -0.895. The lowest BCUT2D eigenvalue weighted by Gasteiger charge is -2.29. The lowest BCUT2D eigenvalue weighted by Crippen LogP contribution is -2.36. The largest absolute Gasteiger partial charge is 0.481 e. The Kier molecular flexibility index (Phi) is 4.69.